The van der Waals surface area contributed by atoms with Gasteiger partial charge in [0, 0.05) is 19.4 Å². The molecule has 2 saturated heterocycles. The number of benzene rings is 2. The number of hydrogen-bond donors (Lipinski definition) is 6. The Morgan fingerprint density at radius 3 is 2.00 bits per heavy atom. The predicted molar refractivity (Wildman–Crippen MR) is 182 cm³/mol. The molecule has 2 fully saturated rings. The third-order valence-corrected chi connectivity index (χ3v) is 9.23. The standard InChI is InChI=1S/C36H48N6O7/c1-5-22(4)31-35(48)41-30(21(2)3)34(47)38-26(18-24-13-15-25(43)16-14-24)32(45)39-27(19-23-10-7-6-8-11-23)36(49)42-17-9-12-28(42)33(46)37-20-29(44)40-31/h6-8,10-11,13-16,21-22,26-28,30-31,43H,5,9,12,17-20H2,1-4H3,(H,37,46)(H,38,47)(H,39,45)(H,40,44)(H,41,48)/t22-,26-,27+,28-,30-,31+/m0/s1. The molecule has 2 aromatic rings. The number of nitrogens with one attached hydrogen (secondary N) is 5. The molecule has 0 aliphatic carbocycles. The Bertz CT molecular complexity index is 1500. The Morgan fingerprint density at radius 1 is 0.735 bits per heavy atom. The van der Waals surface area contributed by atoms with E-state index in [0.29, 0.717) is 24.8 Å². The van der Waals surface area contributed by atoms with E-state index in [1.54, 1.807) is 32.9 Å². The first-order valence-electron chi connectivity index (χ1n) is 17.0. The van der Waals surface area contributed by atoms with Gasteiger partial charge in [0.05, 0.1) is 6.54 Å². The number of fused-ring (bicyclic) bond motifs is 1. The van der Waals surface area contributed by atoms with Crippen molar-refractivity contribution in [3.8, 4) is 5.75 Å². The van der Waals surface area contributed by atoms with Crippen LogP contribution >= 0.6 is 0 Å². The van der Waals surface area contributed by atoms with Gasteiger partial charge in [-0.05, 0) is 47.9 Å². The highest BCUT2D eigenvalue weighted by Crippen LogP contribution is 2.21. The fourth-order valence-corrected chi connectivity index (χ4v) is 6.15. The predicted octanol–water partition coefficient (Wildman–Crippen LogP) is 0.940. The van der Waals surface area contributed by atoms with Crippen LogP contribution in [0.3, 0.4) is 0 Å². The summed E-state index contributed by atoms with van der Waals surface area (Å²) in [6.07, 6.45) is 1.61. The number of phenols is 1. The van der Waals surface area contributed by atoms with E-state index in [0.717, 1.165) is 5.56 Å². The molecule has 0 aromatic heterocycles. The van der Waals surface area contributed by atoms with Crippen molar-refractivity contribution in [3.05, 3.63) is 65.7 Å². The maximum absolute atomic E-state index is 14.2. The van der Waals surface area contributed by atoms with Crippen LogP contribution < -0.4 is 26.6 Å². The molecule has 2 aromatic carbocycles. The zero-order valence-electron chi connectivity index (χ0n) is 28.5. The van der Waals surface area contributed by atoms with Gasteiger partial charge >= 0.3 is 0 Å². The SMILES string of the molecule is CC[C@H](C)[C@H]1NC(=O)CNC(=O)[C@@H]2CCCN2C(=O)[C@@H](Cc2ccccc2)NC(=O)[C@H](Cc2ccc(O)cc2)NC(=O)[C@H](C(C)C)NC1=O. The lowest BCUT2D eigenvalue weighted by Gasteiger charge is -2.31. The van der Waals surface area contributed by atoms with Crippen LogP contribution in [0.1, 0.15) is 58.1 Å². The van der Waals surface area contributed by atoms with Gasteiger partial charge in [0.25, 0.3) is 0 Å². The largest absolute Gasteiger partial charge is 0.508 e. The molecule has 0 unspecified atom stereocenters. The summed E-state index contributed by atoms with van der Waals surface area (Å²) in [6.45, 7) is 7.04. The molecular formula is C36H48N6O7. The number of phenolic OH excluding ortho intramolecular Hbond substituents is 1. The van der Waals surface area contributed by atoms with Crippen molar-refractivity contribution in [1.82, 2.24) is 31.5 Å². The lowest BCUT2D eigenvalue weighted by atomic mass is 9.96. The zero-order chi connectivity index (χ0) is 35.7. The van der Waals surface area contributed by atoms with Crippen molar-refractivity contribution in [2.75, 3.05) is 13.1 Å². The van der Waals surface area contributed by atoms with Crippen LogP contribution in [0.15, 0.2) is 54.6 Å². The minimum Gasteiger partial charge on any atom is -0.508 e. The van der Waals surface area contributed by atoms with E-state index in [1.165, 1.54) is 17.0 Å². The Morgan fingerprint density at radius 2 is 1.35 bits per heavy atom. The molecule has 264 valence electrons. The van der Waals surface area contributed by atoms with Gasteiger partial charge in [0.15, 0.2) is 0 Å². The van der Waals surface area contributed by atoms with Crippen molar-refractivity contribution in [3.63, 3.8) is 0 Å². The fraction of sp³-hybridized carbons (Fsp3) is 0.500. The summed E-state index contributed by atoms with van der Waals surface area (Å²) in [5, 5.41) is 23.6. The lowest BCUT2D eigenvalue weighted by molar-refractivity contribution is -0.142. The Balaban J connectivity index is 1.74. The molecule has 2 heterocycles. The first-order valence-corrected chi connectivity index (χ1v) is 17.0. The molecule has 4 rings (SSSR count). The van der Waals surface area contributed by atoms with Gasteiger partial charge in [-0.1, -0.05) is 76.6 Å². The van der Waals surface area contributed by atoms with Gasteiger partial charge in [-0.15, -0.1) is 0 Å². The molecule has 0 radical (unpaired) electrons. The van der Waals surface area contributed by atoms with E-state index in [-0.39, 0.29) is 31.1 Å². The molecule has 0 saturated carbocycles. The Labute approximate surface area is 287 Å². The summed E-state index contributed by atoms with van der Waals surface area (Å²) < 4.78 is 0. The van der Waals surface area contributed by atoms with Crippen LogP contribution in [-0.2, 0) is 41.6 Å². The van der Waals surface area contributed by atoms with Gasteiger partial charge in [-0.3, -0.25) is 28.8 Å². The minimum atomic E-state index is -1.18. The first-order chi connectivity index (χ1) is 23.4. The van der Waals surface area contributed by atoms with Crippen molar-refractivity contribution in [1.29, 1.82) is 0 Å². The summed E-state index contributed by atoms with van der Waals surface area (Å²) in [4.78, 5) is 83.6. The Hall–Kier alpha value is -4.94. The topological polar surface area (TPSA) is 186 Å². The van der Waals surface area contributed by atoms with Crippen LogP contribution in [0.5, 0.6) is 5.75 Å². The summed E-state index contributed by atoms with van der Waals surface area (Å²) in [5.74, 6) is -4.04. The summed E-state index contributed by atoms with van der Waals surface area (Å²) in [6, 6.07) is 10.1. The van der Waals surface area contributed by atoms with E-state index in [4.69, 9.17) is 0 Å². The average molecular weight is 677 g/mol. The molecule has 49 heavy (non-hydrogen) atoms. The van der Waals surface area contributed by atoms with E-state index >= 15 is 0 Å². The summed E-state index contributed by atoms with van der Waals surface area (Å²) in [5.41, 5.74) is 1.41. The molecular weight excluding hydrogens is 628 g/mol. The molecule has 6 N–H and O–H groups in total. The molecule has 0 spiro atoms. The number of carbonyl (C=O) groups is 6. The number of aromatic hydroxyl groups is 1. The van der Waals surface area contributed by atoms with Crippen molar-refractivity contribution < 1.29 is 33.9 Å². The van der Waals surface area contributed by atoms with E-state index < -0.39 is 78.1 Å². The molecule has 6 amide bonds. The number of hydrogen-bond acceptors (Lipinski definition) is 7. The third-order valence-electron chi connectivity index (χ3n) is 9.23. The second-order valence-corrected chi connectivity index (χ2v) is 13.3. The van der Waals surface area contributed by atoms with Crippen LogP contribution in [0.25, 0.3) is 0 Å². The quantitative estimate of drug-likeness (QED) is 0.252. The van der Waals surface area contributed by atoms with Gasteiger partial charge in [-0.2, -0.15) is 0 Å². The molecule has 2 aliphatic heterocycles. The molecule has 2 aliphatic rings. The number of nitrogens with zero attached hydrogens (tertiary/aromatic N) is 1. The minimum absolute atomic E-state index is 0.0170. The highest BCUT2D eigenvalue weighted by molar-refractivity contribution is 5.98. The number of amides is 6. The van der Waals surface area contributed by atoms with Crippen molar-refractivity contribution >= 4 is 35.4 Å². The van der Waals surface area contributed by atoms with Crippen molar-refractivity contribution in [2.24, 2.45) is 11.8 Å². The maximum Gasteiger partial charge on any atom is 0.246 e. The monoisotopic (exact) mass is 676 g/mol. The van der Waals surface area contributed by atoms with Crippen molar-refractivity contribution in [2.45, 2.75) is 90.0 Å². The number of rotatable bonds is 7. The lowest BCUT2D eigenvalue weighted by Crippen LogP contribution is -2.62. The Kier molecular flexibility index (Phi) is 12.8. The summed E-state index contributed by atoms with van der Waals surface area (Å²) in [7, 11) is 0. The van der Waals surface area contributed by atoms with Gasteiger partial charge in [0.1, 0.15) is 36.0 Å². The van der Waals surface area contributed by atoms with Crippen LogP contribution in [0.4, 0.5) is 0 Å². The normalized spacial score (nSPS) is 25.2. The second kappa shape index (κ2) is 16.9. The van der Waals surface area contributed by atoms with Crippen LogP contribution in [0, 0.1) is 11.8 Å². The highest BCUT2D eigenvalue weighted by atomic mass is 16.3. The van der Waals surface area contributed by atoms with Crippen LogP contribution in [0.2, 0.25) is 0 Å². The first kappa shape index (κ1) is 36.9. The molecule has 13 nitrogen and oxygen atoms in total. The molecule has 13 heteroatoms. The summed E-state index contributed by atoms with van der Waals surface area (Å²) >= 11 is 0. The average Bonchev–Trinajstić information content (AvgIpc) is 3.58. The van der Waals surface area contributed by atoms with E-state index in [1.807, 2.05) is 37.3 Å². The molecule has 0 bridgehead atoms. The molecule has 6 atom stereocenters. The van der Waals surface area contributed by atoms with E-state index in [9.17, 15) is 33.9 Å². The smallest absolute Gasteiger partial charge is 0.246 e. The fourth-order valence-electron chi connectivity index (χ4n) is 6.15. The highest BCUT2D eigenvalue weighted by Gasteiger charge is 2.39. The number of carbonyl (C=O) groups excluding carboxylic acids is 6. The van der Waals surface area contributed by atoms with E-state index in [2.05, 4.69) is 26.6 Å². The van der Waals surface area contributed by atoms with Gasteiger partial charge in [0.2, 0.25) is 35.4 Å². The van der Waals surface area contributed by atoms with Gasteiger partial charge < -0.3 is 36.6 Å². The second-order valence-electron chi connectivity index (χ2n) is 13.3. The zero-order valence-corrected chi connectivity index (χ0v) is 28.5. The van der Waals surface area contributed by atoms with Gasteiger partial charge in [-0.25, -0.2) is 0 Å². The third kappa shape index (κ3) is 9.80. The van der Waals surface area contributed by atoms with Crippen LogP contribution in [-0.4, -0.2) is 88.7 Å². The maximum atomic E-state index is 14.2.